The molecule has 0 spiro atoms. The fourth-order valence-electron chi connectivity index (χ4n) is 2.61. The van der Waals surface area contributed by atoms with Crippen LogP contribution in [0.5, 0.6) is 5.75 Å². The van der Waals surface area contributed by atoms with Crippen molar-refractivity contribution in [1.82, 2.24) is 9.88 Å². The number of aromatic nitrogens is 1. The number of aromatic amines is 1. The third-order valence-electron chi connectivity index (χ3n) is 3.88. The van der Waals surface area contributed by atoms with Crippen LogP contribution >= 0.6 is 0 Å². The highest BCUT2D eigenvalue weighted by Crippen LogP contribution is 2.27. The number of fused-ring (bicyclic) bond motifs is 1. The molecule has 2 aromatic rings. The van der Waals surface area contributed by atoms with Crippen molar-refractivity contribution < 1.29 is 9.53 Å². The van der Waals surface area contributed by atoms with Gasteiger partial charge in [0.15, 0.2) is 6.61 Å². The Morgan fingerprint density at radius 3 is 2.77 bits per heavy atom. The molecule has 1 aromatic heterocycles. The molecule has 0 fully saturated rings. The number of nitrogens with one attached hydrogen (secondary N) is 1. The van der Waals surface area contributed by atoms with Gasteiger partial charge in [-0.2, -0.15) is 0 Å². The minimum absolute atomic E-state index is 0.0110. The van der Waals surface area contributed by atoms with E-state index in [4.69, 9.17) is 10.5 Å². The largest absolute Gasteiger partial charge is 0.482 e. The second kappa shape index (κ2) is 7.84. The Bertz CT molecular complexity index is 617. The molecule has 1 amide bonds. The van der Waals surface area contributed by atoms with Gasteiger partial charge in [-0.25, -0.2) is 0 Å². The Hall–Kier alpha value is -2.01. The van der Waals surface area contributed by atoms with Gasteiger partial charge in [0, 0.05) is 24.7 Å². The molecule has 1 aromatic carbocycles. The van der Waals surface area contributed by atoms with Crippen LogP contribution in [0.25, 0.3) is 10.9 Å². The summed E-state index contributed by atoms with van der Waals surface area (Å²) >= 11 is 0. The van der Waals surface area contributed by atoms with Gasteiger partial charge in [-0.3, -0.25) is 4.79 Å². The van der Waals surface area contributed by atoms with Crippen LogP contribution in [0.2, 0.25) is 0 Å². The van der Waals surface area contributed by atoms with Crippen molar-refractivity contribution in [2.75, 3.05) is 26.2 Å². The van der Waals surface area contributed by atoms with Gasteiger partial charge in [-0.15, -0.1) is 0 Å². The Morgan fingerprint density at radius 2 is 2.09 bits per heavy atom. The van der Waals surface area contributed by atoms with Gasteiger partial charge in [0.05, 0.1) is 5.52 Å². The van der Waals surface area contributed by atoms with Gasteiger partial charge in [0.25, 0.3) is 5.91 Å². The van der Waals surface area contributed by atoms with Gasteiger partial charge in [-0.05, 0) is 44.9 Å². The van der Waals surface area contributed by atoms with Gasteiger partial charge in [0.1, 0.15) is 5.75 Å². The summed E-state index contributed by atoms with van der Waals surface area (Å²) in [7, 11) is 0. The van der Waals surface area contributed by atoms with Crippen LogP contribution < -0.4 is 10.5 Å². The monoisotopic (exact) mass is 303 g/mol. The number of amides is 1. The fraction of sp³-hybridized carbons (Fsp3) is 0.471. The number of aryl methyl sites for hydroxylation is 1. The number of nitrogens with zero attached hydrogens (tertiary/aromatic N) is 1. The van der Waals surface area contributed by atoms with Gasteiger partial charge in [0.2, 0.25) is 0 Å². The van der Waals surface area contributed by atoms with Crippen molar-refractivity contribution in [3.63, 3.8) is 0 Å². The lowest BCUT2D eigenvalue weighted by atomic mass is 10.1. The topological polar surface area (TPSA) is 71.3 Å². The van der Waals surface area contributed by atoms with Crippen molar-refractivity contribution in [1.29, 1.82) is 0 Å². The van der Waals surface area contributed by atoms with Crippen LogP contribution in [0.3, 0.4) is 0 Å². The molecule has 5 nitrogen and oxygen atoms in total. The lowest BCUT2D eigenvalue weighted by molar-refractivity contribution is -0.132. The van der Waals surface area contributed by atoms with Crippen molar-refractivity contribution >= 4 is 16.8 Å². The molecule has 3 N–H and O–H groups in total. The van der Waals surface area contributed by atoms with Gasteiger partial charge < -0.3 is 20.4 Å². The smallest absolute Gasteiger partial charge is 0.260 e. The van der Waals surface area contributed by atoms with Crippen LogP contribution in [-0.2, 0) is 11.2 Å². The van der Waals surface area contributed by atoms with Crippen LogP contribution in [0.4, 0.5) is 0 Å². The van der Waals surface area contributed by atoms with E-state index in [2.05, 4.69) is 11.1 Å². The average molecular weight is 303 g/mol. The molecule has 1 heterocycles. The lowest BCUT2D eigenvalue weighted by Gasteiger charge is -2.18. The van der Waals surface area contributed by atoms with E-state index < -0.39 is 0 Å². The number of nitrogens with two attached hydrogens (primary N) is 1. The summed E-state index contributed by atoms with van der Waals surface area (Å²) in [5.41, 5.74) is 7.76. The van der Waals surface area contributed by atoms with Crippen LogP contribution in [-0.4, -0.2) is 42.0 Å². The van der Waals surface area contributed by atoms with E-state index in [1.54, 1.807) is 4.90 Å². The SMILES string of the molecule is CCN(CC)C(=O)COc1cccc2c(CCCN)c[nH]c12. The zero-order valence-electron chi connectivity index (χ0n) is 13.4. The third kappa shape index (κ3) is 3.60. The molecular weight excluding hydrogens is 278 g/mol. The number of rotatable bonds is 8. The second-order valence-electron chi connectivity index (χ2n) is 5.24. The molecule has 0 aliphatic heterocycles. The summed E-state index contributed by atoms with van der Waals surface area (Å²) in [5.74, 6) is 0.730. The molecule has 2 rings (SSSR count). The lowest BCUT2D eigenvalue weighted by Crippen LogP contribution is -2.34. The molecule has 0 atom stereocenters. The standard InChI is InChI=1S/C17H25N3O2/c1-3-20(4-2)16(21)12-22-15-9-5-8-14-13(7-6-10-18)11-19-17(14)15/h5,8-9,11,19H,3-4,6-7,10,12,18H2,1-2H3. The minimum atomic E-state index is 0.0110. The summed E-state index contributed by atoms with van der Waals surface area (Å²) in [6.45, 7) is 6.09. The maximum atomic E-state index is 12.0. The average Bonchev–Trinajstić information content (AvgIpc) is 2.95. The Morgan fingerprint density at radius 1 is 1.32 bits per heavy atom. The zero-order valence-corrected chi connectivity index (χ0v) is 13.4. The van der Waals surface area contributed by atoms with Crippen LogP contribution in [0, 0.1) is 0 Å². The van der Waals surface area contributed by atoms with E-state index in [1.807, 2.05) is 32.2 Å². The van der Waals surface area contributed by atoms with Crippen molar-refractivity contribution in [2.45, 2.75) is 26.7 Å². The third-order valence-corrected chi connectivity index (χ3v) is 3.88. The van der Waals surface area contributed by atoms with Crippen molar-refractivity contribution in [2.24, 2.45) is 5.73 Å². The van der Waals surface area contributed by atoms with E-state index in [0.717, 1.165) is 29.5 Å². The highest BCUT2D eigenvalue weighted by atomic mass is 16.5. The van der Waals surface area contributed by atoms with Crippen LogP contribution in [0.15, 0.2) is 24.4 Å². The molecule has 0 saturated carbocycles. The quantitative estimate of drug-likeness (QED) is 0.786. The predicted molar refractivity (Wildman–Crippen MR) is 89.1 cm³/mol. The minimum Gasteiger partial charge on any atom is -0.482 e. The first kappa shape index (κ1) is 16.4. The molecule has 0 aliphatic carbocycles. The highest BCUT2D eigenvalue weighted by Gasteiger charge is 2.12. The second-order valence-corrected chi connectivity index (χ2v) is 5.24. The molecule has 0 bridgehead atoms. The van der Waals surface area contributed by atoms with Crippen molar-refractivity contribution in [3.05, 3.63) is 30.0 Å². The maximum absolute atomic E-state index is 12.0. The van der Waals surface area contributed by atoms with Crippen LogP contribution in [0.1, 0.15) is 25.8 Å². The summed E-state index contributed by atoms with van der Waals surface area (Å²) in [5, 5.41) is 1.14. The highest BCUT2D eigenvalue weighted by molar-refractivity contribution is 5.88. The number of H-pyrrole nitrogens is 1. The molecular formula is C17H25N3O2. The molecule has 0 saturated heterocycles. The number of hydrogen-bond acceptors (Lipinski definition) is 3. The first-order valence-electron chi connectivity index (χ1n) is 7.90. The zero-order chi connectivity index (χ0) is 15.9. The first-order valence-corrected chi connectivity index (χ1v) is 7.90. The van der Waals surface area contributed by atoms with Gasteiger partial charge >= 0.3 is 0 Å². The van der Waals surface area contributed by atoms with E-state index in [0.29, 0.717) is 19.6 Å². The molecule has 22 heavy (non-hydrogen) atoms. The summed E-state index contributed by atoms with van der Waals surface area (Å²) < 4.78 is 5.74. The number of hydrogen-bond donors (Lipinski definition) is 2. The number of carbonyl (C=O) groups is 1. The van der Waals surface area contributed by atoms with E-state index in [9.17, 15) is 4.79 Å². The first-order chi connectivity index (χ1) is 10.7. The molecule has 0 unspecified atom stereocenters. The molecule has 0 radical (unpaired) electrons. The fourth-order valence-corrected chi connectivity index (χ4v) is 2.61. The van der Waals surface area contributed by atoms with Gasteiger partial charge in [-0.1, -0.05) is 12.1 Å². The molecule has 5 heteroatoms. The predicted octanol–water partition coefficient (Wildman–Crippen LogP) is 2.31. The number of benzene rings is 1. The normalized spacial score (nSPS) is 10.9. The molecule has 120 valence electrons. The summed E-state index contributed by atoms with van der Waals surface area (Å²) in [6, 6.07) is 5.91. The molecule has 0 aliphatic rings. The van der Waals surface area contributed by atoms with E-state index in [1.165, 1.54) is 5.56 Å². The van der Waals surface area contributed by atoms with E-state index in [-0.39, 0.29) is 12.5 Å². The maximum Gasteiger partial charge on any atom is 0.260 e. The number of likely N-dealkylation sites (N-methyl/N-ethyl adjacent to an activating group) is 1. The number of ether oxygens (including phenoxy) is 1. The number of para-hydroxylation sites is 1. The van der Waals surface area contributed by atoms with Crippen molar-refractivity contribution in [3.8, 4) is 5.75 Å². The van der Waals surface area contributed by atoms with E-state index >= 15 is 0 Å². The Labute approximate surface area is 131 Å². The Balaban J connectivity index is 2.11. The summed E-state index contributed by atoms with van der Waals surface area (Å²) in [6.07, 6.45) is 3.90. The number of carbonyl (C=O) groups excluding carboxylic acids is 1. The Kier molecular flexibility index (Phi) is 5.83. The summed E-state index contributed by atoms with van der Waals surface area (Å²) in [4.78, 5) is 17.1.